The van der Waals surface area contributed by atoms with E-state index in [9.17, 15) is 0 Å². The van der Waals surface area contributed by atoms with Crippen LogP contribution in [0.25, 0.3) is 0 Å². The molecule has 0 saturated heterocycles. The van der Waals surface area contributed by atoms with E-state index in [1.165, 1.54) is 0 Å². The van der Waals surface area contributed by atoms with Gasteiger partial charge >= 0.3 is 21.1 Å². The molecule has 4 radical (unpaired) electrons. The van der Waals surface area contributed by atoms with Crippen LogP contribution in [-0.4, -0.2) is 0 Å². The first-order valence-electron chi connectivity index (χ1n) is 0. The molecule has 0 aromatic rings. The Morgan fingerprint density at radius 3 is 0.667 bits per heavy atom. The Kier molecular flexibility index (Phi) is 1790. The molecule has 0 atom stereocenters. The van der Waals surface area contributed by atoms with Crippen molar-refractivity contribution >= 4 is 9.90 Å². The minimum atomic E-state index is 0. The Balaban J connectivity index is 0. The van der Waals surface area contributed by atoms with E-state index in [2.05, 4.69) is 0 Å². The predicted molar refractivity (Wildman–Crippen MR) is 8.98 cm³/mol. The molecule has 0 fully saturated rings. The molecule has 0 aliphatic carbocycles. The summed E-state index contributed by atoms with van der Waals surface area (Å²) in [6, 6.07) is 0. The first kappa shape index (κ1) is 131. The van der Waals surface area contributed by atoms with Crippen molar-refractivity contribution in [2.24, 2.45) is 0 Å². The number of hydrogen-bond donors (Lipinski definition) is 0. The SMILES string of the molecule is [Mo+6].[O-2].[O-2].[O-2].[P].[V]. The van der Waals surface area contributed by atoms with Gasteiger partial charge in [-0.15, -0.1) is 0 Å². The zero-order chi connectivity index (χ0) is 0. The van der Waals surface area contributed by atoms with Crippen molar-refractivity contribution in [3.63, 3.8) is 0 Å². The van der Waals surface area contributed by atoms with Crippen molar-refractivity contribution in [3.8, 4) is 0 Å². The second-order valence-corrected chi connectivity index (χ2v) is 0. The van der Waals surface area contributed by atoms with Crippen LogP contribution in [0.4, 0.5) is 0 Å². The number of rotatable bonds is 0. The molecule has 0 aliphatic heterocycles. The second kappa shape index (κ2) is 81.9. The van der Waals surface area contributed by atoms with Gasteiger partial charge in [0.05, 0.1) is 0 Å². The van der Waals surface area contributed by atoms with Crippen LogP contribution in [0.1, 0.15) is 0 Å². The minimum Gasteiger partial charge on any atom is -2.00 e. The summed E-state index contributed by atoms with van der Waals surface area (Å²) < 4.78 is 0. The first-order chi connectivity index (χ1) is 0. The van der Waals surface area contributed by atoms with Gasteiger partial charge in [0.25, 0.3) is 0 Å². The third-order valence-corrected chi connectivity index (χ3v) is 0. The first-order valence-corrected chi connectivity index (χ1v) is 0. The molecule has 0 bridgehead atoms. The Hall–Kier alpha value is 1.58. The van der Waals surface area contributed by atoms with Gasteiger partial charge in [-0.25, -0.2) is 0 Å². The molecule has 0 aromatic carbocycles. The minimum absolute atomic E-state index is 0. The van der Waals surface area contributed by atoms with Gasteiger partial charge in [0.1, 0.15) is 0 Å². The van der Waals surface area contributed by atoms with E-state index in [-0.39, 0.29) is 65.9 Å². The molecule has 0 amide bonds. The zero-order valence-electron chi connectivity index (χ0n) is 2.53. The van der Waals surface area contributed by atoms with Crippen molar-refractivity contribution in [2.75, 3.05) is 0 Å². The maximum absolute atomic E-state index is 0. The van der Waals surface area contributed by atoms with Crippen molar-refractivity contribution < 1.29 is 56.0 Å². The maximum Gasteiger partial charge on any atom is 6.00 e. The van der Waals surface area contributed by atoms with Gasteiger partial charge in [-0.1, -0.05) is 0 Å². The van der Waals surface area contributed by atoms with E-state index < -0.39 is 0 Å². The molecule has 0 rings (SSSR count). The van der Waals surface area contributed by atoms with Gasteiger partial charge in [0.2, 0.25) is 0 Å². The molecule has 6 heavy (non-hydrogen) atoms. The fraction of sp³-hybridized carbons (Fsp3) is 0. The van der Waals surface area contributed by atoms with Crippen molar-refractivity contribution in [2.45, 2.75) is 0 Å². The van der Waals surface area contributed by atoms with Gasteiger partial charge in [-0.05, 0) is 0 Å². The Morgan fingerprint density at radius 1 is 0.667 bits per heavy atom. The van der Waals surface area contributed by atoms with Crippen LogP contribution < -0.4 is 0 Å². The van der Waals surface area contributed by atoms with E-state index in [4.69, 9.17) is 0 Å². The smallest absolute Gasteiger partial charge is 2.00 e. The summed E-state index contributed by atoms with van der Waals surface area (Å²) in [7, 11) is 0. The number of hydrogen-bond acceptors (Lipinski definition) is 0. The van der Waals surface area contributed by atoms with Gasteiger partial charge in [-0.2, -0.15) is 0 Å². The van der Waals surface area contributed by atoms with Crippen molar-refractivity contribution in [1.29, 1.82) is 0 Å². The fourth-order valence-electron chi connectivity index (χ4n) is 0. The second-order valence-electron chi connectivity index (χ2n) is 0. The molecular formula is MoO3PV. The van der Waals surface area contributed by atoms with E-state index in [1.807, 2.05) is 0 Å². The average molecular weight is 226 g/mol. The average Bonchev–Trinajstić information content (AvgIpc) is 0. The van der Waals surface area contributed by atoms with Gasteiger partial charge in [0.15, 0.2) is 0 Å². The zero-order valence-corrected chi connectivity index (χ0v) is 6.83. The molecule has 0 heterocycles. The van der Waals surface area contributed by atoms with Crippen LogP contribution in [0.15, 0.2) is 0 Å². The summed E-state index contributed by atoms with van der Waals surface area (Å²) in [6.07, 6.45) is 0. The summed E-state index contributed by atoms with van der Waals surface area (Å²) in [4.78, 5) is 0. The molecule has 0 spiro atoms. The molecule has 0 aliphatic rings. The molecule has 6 heteroatoms. The maximum atomic E-state index is 0. The van der Waals surface area contributed by atoms with Crippen LogP contribution in [0.3, 0.4) is 0 Å². The molecule has 3 nitrogen and oxygen atoms in total. The summed E-state index contributed by atoms with van der Waals surface area (Å²) in [6.45, 7) is 0. The summed E-state index contributed by atoms with van der Waals surface area (Å²) >= 11 is 0. The molecule has 34 valence electrons. The topological polar surface area (TPSA) is 85.5 Å². The summed E-state index contributed by atoms with van der Waals surface area (Å²) in [5.74, 6) is 0. The van der Waals surface area contributed by atoms with Gasteiger partial charge in [0, 0.05) is 28.5 Å². The van der Waals surface area contributed by atoms with E-state index in [1.54, 1.807) is 0 Å². The van der Waals surface area contributed by atoms with Crippen LogP contribution in [0, 0.1) is 0 Å². The third kappa shape index (κ3) is 46.8. The molecule has 0 N–H and O–H groups in total. The van der Waals surface area contributed by atoms with Crippen LogP contribution in [0.2, 0.25) is 0 Å². The quantitative estimate of drug-likeness (QED) is 0.425. The normalized spacial score (nSPS) is 0. The van der Waals surface area contributed by atoms with Crippen molar-refractivity contribution in [1.82, 2.24) is 0 Å². The molecule has 0 aromatic heterocycles. The molecule has 0 saturated carbocycles. The standard InChI is InChI=1S/Mo.3O.P.V/q+6;3*-2;;. The van der Waals surface area contributed by atoms with Crippen LogP contribution in [0.5, 0.6) is 0 Å². The summed E-state index contributed by atoms with van der Waals surface area (Å²) in [5, 5.41) is 0. The van der Waals surface area contributed by atoms with Crippen LogP contribution >= 0.6 is 9.90 Å². The van der Waals surface area contributed by atoms with E-state index in [0.717, 1.165) is 0 Å². The van der Waals surface area contributed by atoms with Gasteiger partial charge < -0.3 is 16.4 Å². The fourth-order valence-corrected chi connectivity index (χ4v) is 0. The Bertz CT molecular complexity index is 10.8. The van der Waals surface area contributed by atoms with Gasteiger partial charge in [-0.3, -0.25) is 0 Å². The molecule has 0 unspecified atom stereocenters. The monoisotopic (exact) mass is 228 g/mol. The molecular weight excluding hydrogens is 226 g/mol. The van der Waals surface area contributed by atoms with E-state index >= 15 is 0 Å². The Morgan fingerprint density at radius 2 is 0.667 bits per heavy atom. The third-order valence-electron chi connectivity index (χ3n) is 0. The predicted octanol–water partition coefficient (Wildman–Crippen LogP) is 0.500. The van der Waals surface area contributed by atoms with Crippen molar-refractivity contribution in [3.05, 3.63) is 0 Å². The Labute approximate surface area is 66.0 Å². The summed E-state index contributed by atoms with van der Waals surface area (Å²) in [5.41, 5.74) is 0. The largest absolute Gasteiger partial charge is 6.00 e. The van der Waals surface area contributed by atoms with E-state index in [0.29, 0.717) is 0 Å². The van der Waals surface area contributed by atoms with Crippen LogP contribution in [-0.2, 0) is 56.0 Å².